The van der Waals surface area contributed by atoms with Crippen LogP contribution in [0.15, 0.2) is 50.5 Å². The maximum Gasteiger partial charge on any atom is 0.226 e. The van der Waals surface area contributed by atoms with Crippen LogP contribution in [0.25, 0.3) is 11.5 Å². The highest BCUT2D eigenvalue weighted by molar-refractivity contribution is 14.0. The molecule has 31 heavy (non-hydrogen) atoms. The van der Waals surface area contributed by atoms with Gasteiger partial charge < -0.3 is 19.6 Å². The number of guanidine groups is 1. The van der Waals surface area contributed by atoms with E-state index in [1.807, 2.05) is 6.07 Å². The van der Waals surface area contributed by atoms with E-state index in [0.29, 0.717) is 37.3 Å². The van der Waals surface area contributed by atoms with E-state index < -0.39 is 0 Å². The number of aromatic nitrogens is 2. The Bertz CT molecular complexity index is 951. The van der Waals surface area contributed by atoms with Crippen molar-refractivity contribution in [3.05, 3.63) is 59.6 Å². The topological polar surface area (TPSA) is 88.5 Å². The van der Waals surface area contributed by atoms with Gasteiger partial charge in [-0.05, 0) is 37.1 Å². The first-order valence-corrected chi connectivity index (χ1v) is 10.2. The largest absolute Gasteiger partial charge is 0.444 e. The summed E-state index contributed by atoms with van der Waals surface area (Å²) in [5.41, 5.74) is 2.55. The first-order valence-electron chi connectivity index (χ1n) is 10.2. The Morgan fingerprint density at radius 1 is 1.16 bits per heavy atom. The quantitative estimate of drug-likeness (QED) is 0.228. The van der Waals surface area contributed by atoms with Crippen molar-refractivity contribution in [1.82, 2.24) is 20.8 Å². The van der Waals surface area contributed by atoms with Gasteiger partial charge in [-0.2, -0.15) is 0 Å². The van der Waals surface area contributed by atoms with Crippen molar-refractivity contribution in [2.45, 2.75) is 45.6 Å². The molecule has 0 aliphatic heterocycles. The van der Waals surface area contributed by atoms with Crippen molar-refractivity contribution >= 4 is 29.9 Å². The highest BCUT2D eigenvalue weighted by Gasteiger charge is 2.13. The van der Waals surface area contributed by atoms with Crippen molar-refractivity contribution < 1.29 is 13.3 Å². The minimum atomic E-state index is -0.286. The molecule has 2 heterocycles. The molecule has 0 bridgehead atoms. The Hall–Kier alpha value is -2.43. The summed E-state index contributed by atoms with van der Waals surface area (Å²) in [4.78, 5) is 8.67. The number of benzene rings is 1. The fraction of sp³-hybridized carbons (Fsp3) is 0.409. The van der Waals surface area contributed by atoms with Gasteiger partial charge >= 0.3 is 0 Å². The van der Waals surface area contributed by atoms with Crippen LogP contribution in [0.4, 0.5) is 4.39 Å². The third-order valence-electron chi connectivity index (χ3n) is 4.95. The van der Waals surface area contributed by atoms with Crippen molar-refractivity contribution in [2.24, 2.45) is 4.99 Å². The Morgan fingerprint density at radius 3 is 2.58 bits per heavy atom. The molecule has 0 atom stereocenters. The van der Waals surface area contributed by atoms with Gasteiger partial charge in [0.15, 0.2) is 11.7 Å². The standard InChI is InChI=1S/C22H28FN5O2.HI/c1-4-15(5-2)20-12-19(30-28-20)13-26-22(24-3)25-11-10-18-14-29-21(27-18)16-6-8-17(23)9-7-16;/h6-9,12,14-15H,4-5,10-11,13H2,1-3H3,(H2,24,25,26);1H. The zero-order chi connectivity index (χ0) is 21.3. The van der Waals surface area contributed by atoms with E-state index in [2.05, 4.69) is 39.6 Å². The van der Waals surface area contributed by atoms with E-state index >= 15 is 0 Å². The summed E-state index contributed by atoms with van der Waals surface area (Å²) < 4.78 is 24.0. The van der Waals surface area contributed by atoms with Crippen molar-refractivity contribution in [1.29, 1.82) is 0 Å². The lowest BCUT2D eigenvalue weighted by Gasteiger charge is -2.09. The summed E-state index contributed by atoms with van der Waals surface area (Å²) in [6, 6.07) is 8.07. The SMILES string of the molecule is CCC(CC)c1cc(CNC(=NC)NCCc2coc(-c3ccc(F)cc3)n2)on1.I. The van der Waals surface area contributed by atoms with Gasteiger partial charge in [0.25, 0.3) is 0 Å². The number of nitrogens with one attached hydrogen (secondary N) is 2. The molecule has 3 rings (SSSR count). The van der Waals surface area contributed by atoms with Gasteiger partial charge in [0, 0.05) is 37.6 Å². The van der Waals surface area contributed by atoms with Gasteiger partial charge in [0.1, 0.15) is 12.1 Å². The Kier molecular flexibility index (Phi) is 9.96. The summed E-state index contributed by atoms with van der Waals surface area (Å²) in [7, 11) is 1.72. The third kappa shape index (κ3) is 7.05. The number of halogens is 2. The van der Waals surface area contributed by atoms with Crippen molar-refractivity contribution in [3.63, 3.8) is 0 Å². The second-order valence-corrected chi connectivity index (χ2v) is 6.98. The number of oxazole rings is 1. The summed E-state index contributed by atoms with van der Waals surface area (Å²) in [6.07, 6.45) is 4.37. The lowest BCUT2D eigenvalue weighted by molar-refractivity contribution is 0.368. The van der Waals surface area contributed by atoms with E-state index in [-0.39, 0.29) is 29.8 Å². The predicted molar refractivity (Wildman–Crippen MR) is 129 cm³/mol. The monoisotopic (exact) mass is 541 g/mol. The second kappa shape index (κ2) is 12.4. The first-order chi connectivity index (χ1) is 14.6. The van der Waals surface area contributed by atoms with E-state index in [1.165, 1.54) is 12.1 Å². The zero-order valence-corrected chi connectivity index (χ0v) is 20.4. The summed E-state index contributed by atoms with van der Waals surface area (Å²) in [6.45, 7) is 5.45. The Labute approximate surface area is 198 Å². The zero-order valence-electron chi connectivity index (χ0n) is 18.0. The lowest BCUT2D eigenvalue weighted by Crippen LogP contribution is -2.37. The normalized spacial score (nSPS) is 11.5. The van der Waals surface area contributed by atoms with Gasteiger partial charge in [-0.3, -0.25) is 4.99 Å². The molecular formula is C22H29FIN5O2. The molecule has 0 fully saturated rings. The molecule has 0 unspecified atom stereocenters. The molecular weight excluding hydrogens is 512 g/mol. The maximum absolute atomic E-state index is 13.0. The second-order valence-electron chi connectivity index (χ2n) is 6.98. The maximum atomic E-state index is 13.0. The van der Waals surface area contributed by atoms with E-state index in [0.717, 1.165) is 35.6 Å². The summed E-state index contributed by atoms with van der Waals surface area (Å²) in [5.74, 6) is 2.07. The minimum absolute atomic E-state index is 0. The van der Waals surface area contributed by atoms with Crippen LogP contribution in [0, 0.1) is 5.82 Å². The van der Waals surface area contributed by atoms with Crippen LogP contribution < -0.4 is 10.6 Å². The van der Waals surface area contributed by atoms with Crippen LogP contribution >= 0.6 is 24.0 Å². The molecule has 2 aromatic heterocycles. The summed E-state index contributed by atoms with van der Waals surface area (Å²) in [5, 5.41) is 10.6. The molecule has 168 valence electrons. The Morgan fingerprint density at radius 2 is 1.90 bits per heavy atom. The molecule has 9 heteroatoms. The van der Waals surface area contributed by atoms with Crippen LogP contribution in [0.2, 0.25) is 0 Å². The molecule has 7 nitrogen and oxygen atoms in total. The number of rotatable bonds is 9. The fourth-order valence-corrected chi connectivity index (χ4v) is 3.16. The predicted octanol–water partition coefficient (Wildman–Crippen LogP) is 4.90. The molecule has 0 saturated carbocycles. The van der Waals surface area contributed by atoms with Gasteiger partial charge in [0.05, 0.1) is 17.9 Å². The first kappa shape index (κ1) is 24.8. The van der Waals surface area contributed by atoms with Gasteiger partial charge in [-0.15, -0.1) is 24.0 Å². The van der Waals surface area contributed by atoms with Gasteiger partial charge in [-0.25, -0.2) is 9.37 Å². The van der Waals surface area contributed by atoms with E-state index in [9.17, 15) is 4.39 Å². The molecule has 1 aromatic carbocycles. The van der Waals surface area contributed by atoms with Crippen LogP contribution in [0.5, 0.6) is 0 Å². The van der Waals surface area contributed by atoms with Crippen LogP contribution in [0.3, 0.4) is 0 Å². The molecule has 0 amide bonds. The minimum Gasteiger partial charge on any atom is -0.444 e. The lowest BCUT2D eigenvalue weighted by atomic mass is 9.99. The number of hydrogen-bond acceptors (Lipinski definition) is 5. The van der Waals surface area contributed by atoms with Crippen LogP contribution in [-0.2, 0) is 13.0 Å². The summed E-state index contributed by atoms with van der Waals surface area (Å²) >= 11 is 0. The molecule has 2 N–H and O–H groups in total. The number of nitrogens with zero attached hydrogens (tertiary/aromatic N) is 3. The number of hydrogen-bond donors (Lipinski definition) is 2. The van der Waals surface area contributed by atoms with E-state index in [1.54, 1.807) is 25.4 Å². The molecule has 0 radical (unpaired) electrons. The smallest absolute Gasteiger partial charge is 0.226 e. The molecule has 0 aliphatic rings. The fourth-order valence-electron chi connectivity index (χ4n) is 3.16. The van der Waals surface area contributed by atoms with Gasteiger partial charge in [0.2, 0.25) is 5.89 Å². The highest BCUT2D eigenvalue weighted by Crippen LogP contribution is 2.22. The highest BCUT2D eigenvalue weighted by atomic mass is 127. The molecule has 3 aromatic rings. The van der Waals surface area contributed by atoms with Crippen molar-refractivity contribution in [2.75, 3.05) is 13.6 Å². The number of aliphatic imine (C=N–C) groups is 1. The van der Waals surface area contributed by atoms with Gasteiger partial charge in [-0.1, -0.05) is 19.0 Å². The average Bonchev–Trinajstić information content (AvgIpc) is 3.42. The van der Waals surface area contributed by atoms with Crippen LogP contribution in [0.1, 0.15) is 49.8 Å². The van der Waals surface area contributed by atoms with Crippen LogP contribution in [-0.4, -0.2) is 29.7 Å². The van der Waals surface area contributed by atoms with Crippen molar-refractivity contribution in [3.8, 4) is 11.5 Å². The molecule has 0 aliphatic carbocycles. The third-order valence-corrected chi connectivity index (χ3v) is 4.95. The van der Waals surface area contributed by atoms with E-state index in [4.69, 9.17) is 8.94 Å². The Balaban J connectivity index is 0.00000341. The average molecular weight is 541 g/mol. The molecule has 0 spiro atoms. The molecule has 0 saturated heterocycles.